The van der Waals surface area contributed by atoms with Gasteiger partial charge in [0.15, 0.2) is 0 Å². The third-order valence-corrected chi connectivity index (χ3v) is 3.83. The Hall–Kier alpha value is -0.0400. The number of nitrogens with zero attached hydrogens (tertiary/aromatic N) is 1. The fraction of sp³-hybridized carbons (Fsp3) is 1.00. The lowest BCUT2D eigenvalue weighted by molar-refractivity contribution is 0.192. The van der Waals surface area contributed by atoms with E-state index in [1.807, 2.05) is 0 Å². The minimum atomic E-state index is 0.835. The first-order valence-corrected chi connectivity index (χ1v) is 4.95. The molecule has 1 heterocycles. The Bertz CT molecular complexity index is 145. The zero-order valence-corrected chi connectivity index (χ0v) is 7.77. The molecule has 11 heavy (non-hydrogen) atoms. The van der Waals surface area contributed by atoms with Gasteiger partial charge in [-0.15, -0.1) is 0 Å². The van der Waals surface area contributed by atoms with E-state index in [9.17, 15) is 0 Å². The summed E-state index contributed by atoms with van der Waals surface area (Å²) in [7, 11) is 2.25. The van der Waals surface area contributed by atoms with Crippen molar-refractivity contribution in [1.29, 1.82) is 0 Å². The van der Waals surface area contributed by atoms with Crippen LogP contribution >= 0.6 is 0 Å². The zero-order chi connectivity index (χ0) is 7.90. The molecule has 0 bridgehead atoms. The van der Waals surface area contributed by atoms with Gasteiger partial charge in [0.25, 0.3) is 0 Å². The van der Waals surface area contributed by atoms with E-state index < -0.39 is 0 Å². The monoisotopic (exact) mass is 153 g/mol. The Morgan fingerprint density at radius 1 is 1.36 bits per heavy atom. The number of likely N-dealkylation sites (tertiary alicyclic amines) is 1. The molecular formula is C10H19N. The number of hydrogen-bond acceptors (Lipinski definition) is 1. The summed E-state index contributed by atoms with van der Waals surface area (Å²) >= 11 is 0. The lowest BCUT2D eigenvalue weighted by Gasteiger charge is -2.29. The van der Waals surface area contributed by atoms with Crippen molar-refractivity contribution >= 4 is 0 Å². The molecule has 1 nitrogen and oxygen atoms in total. The predicted octanol–water partition coefficient (Wildman–Crippen LogP) is 2.13. The van der Waals surface area contributed by atoms with Crippen molar-refractivity contribution < 1.29 is 0 Å². The van der Waals surface area contributed by atoms with Gasteiger partial charge in [0, 0.05) is 0 Å². The molecule has 2 aliphatic rings. The van der Waals surface area contributed by atoms with Gasteiger partial charge in [0.05, 0.1) is 0 Å². The van der Waals surface area contributed by atoms with Crippen LogP contribution in [0, 0.1) is 11.3 Å². The molecule has 0 aromatic rings. The Kier molecular flexibility index (Phi) is 1.71. The molecule has 1 saturated carbocycles. The third kappa shape index (κ3) is 1.20. The molecule has 1 unspecified atom stereocenters. The first-order valence-electron chi connectivity index (χ1n) is 4.95. The highest BCUT2D eigenvalue weighted by atomic mass is 15.1. The summed E-state index contributed by atoms with van der Waals surface area (Å²) in [5, 5.41) is 0. The van der Waals surface area contributed by atoms with Crippen molar-refractivity contribution in [1.82, 2.24) is 4.90 Å². The van der Waals surface area contributed by atoms with Crippen LogP contribution < -0.4 is 0 Å². The molecule has 0 N–H and O–H groups in total. The van der Waals surface area contributed by atoms with Gasteiger partial charge in [-0.05, 0) is 50.7 Å². The summed E-state index contributed by atoms with van der Waals surface area (Å²) in [6, 6.07) is 0. The summed E-state index contributed by atoms with van der Waals surface area (Å²) in [4.78, 5) is 2.47. The van der Waals surface area contributed by atoms with Crippen LogP contribution in [-0.4, -0.2) is 25.0 Å². The Labute approximate surface area is 69.8 Å². The number of piperidine rings is 1. The van der Waals surface area contributed by atoms with Crippen molar-refractivity contribution in [3.63, 3.8) is 0 Å². The van der Waals surface area contributed by atoms with Gasteiger partial charge in [-0.1, -0.05) is 13.3 Å². The van der Waals surface area contributed by atoms with Crippen LogP contribution in [0.15, 0.2) is 0 Å². The third-order valence-electron chi connectivity index (χ3n) is 3.83. The van der Waals surface area contributed by atoms with E-state index in [2.05, 4.69) is 18.9 Å². The molecule has 1 heteroatoms. The Balaban J connectivity index is 1.89. The van der Waals surface area contributed by atoms with Crippen molar-refractivity contribution in [3.8, 4) is 0 Å². The van der Waals surface area contributed by atoms with E-state index in [0.717, 1.165) is 11.3 Å². The average molecular weight is 153 g/mol. The van der Waals surface area contributed by atoms with Crippen LogP contribution in [0.4, 0.5) is 0 Å². The van der Waals surface area contributed by atoms with E-state index in [0.29, 0.717) is 0 Å². The first-order chi connectivity index (χ1) is 5.27. The molecule has 0 amide bonds. The van der Waals surface area contributed by atoms with Crippen LogP contribution in [0.1, 0.15) is 32.6 Å². The minimum absolute atomic E-state index is 0.835. The van der Waals surface area contributed by atoms with Gasteiger partial charge < -0.3 is 4.90 Å². The number of hydrogen-bond donors (Lipinski definition) is 0. The van der Waals surface area contributed by atoms with Gasteiger partial charge in [0.1, 0.15) is 0 Å². The molecular weight excluding hydrogens is 134 g/mol. The lowest BCUT2D eigenvalue weighted by Crippen LogP contribution is -2.31. The normalized spacial score (nSPS) is 36.0. The van der Waals surface area contributed by atoms with E-state index in [4.69, 9.17) is 0 Å². The molecule has 1 atom stereocenters. The average Bonchev–Trinajstić information content (AvgIpc) is 2.71. The lowest BCUT2D eigenvalue weighted by atomic mass is 9.90. The molecule has 0 radical (unpaired) electrons. The summed E-state index contributed by atoms with van der Waals surface area (Å²) in [6.07, 6.45) is 5.91. The quantitative estimate of drug-likeness (QED) is 0.558. The SMILES string of the molecule is CCC1CC12CCN(C)CC2. The van der Waals surface area contributed by atoms with Gasteiger partial charge in [-0.3, -0.25) is 0 Å². The Morgan fingerprint density at radius 2 is 2.00 bits per heavy atom. The largest absolute Gasteiger partial charge is 0.306 e. The van der Waals surface area contributed by atoms with Crippen molar-refractivity contribution in [3.05, 3.63) is 0 Å². The summed E-state index contributed by atoms with van der Waals surface area (Å²) in [5.41, 5.74) is 0.835. The fourth-order valence-corrected chi connectivity index (χ4v) is 2.69. The fourth-order valence-electron chi connectivity index (χ4n) is 2.69. The van der Waals surface area contributed by atoms with E-state index in [-0.39, 0.29) is 0 Å². The maximum Gasteiger partial charge on any atom is -0.00164 e. The topological polar surface area (TPSA) is 3.24 Å². The highest BCUT2D eigenvalue weighted by Gasteiger charge is 2.52. The number of rotatable bonds is 1. The zero-order valence-electron chi connectivity index (χ0n) is 7.77. The molecule has 1 saturated heterocycles. The first kappa shape index (κ1) is 7.60. The van der Waals surface area contributed by atoms with Crippen LogP contribution in [-0.2, 0) is 0 Å². The molecule has 1 aliphatic carbocycles. The molecule has 0 aromatic carbocycles. The summed E-state index contributed by atoms with van der Waals surface area (Å²) in [6.45, 7) is 5.03. The molecule has 64 valence electrons. The predicted molar refractivity (Wildman–Crippen MR) is 47.6 cm³/mol. The molecule has 0 aromatic heterocycles. The van der Waals surface area contributed by atoms with Crippen molar-refractivity contribution in [2.75, 3.05) is 20.1 Å². The van der Waals surface area contributed by atoms with Gasteiger partial charge in [-0.2, -0.15) is 0 Å². The standard InChI is InChI=1S/C10H19N/c1-3-9-8-10(9)4-6-11(2)7-5-10/h9H,3-8H2,1-2H3. The maximum absolute atomic E-state index is 2.47. The highest BCUT2D eigenvalue weighted by Crippen LogP contribution is 2.60. The smallest absolute Gasteiger partial charge is 0.00164 e. The highest BCUT2D eigenvalue weighted by molar-refractivity contribution is 5.03. The van der Waals surface area contributed by atoms with Gasteiger partial charge in [0.2, 0.25) is 0 Å². The second-order valence-corrected chi connectivity index (χ2v) is 4.47. The molecule has 2 fully saturated rings. The minimum Gasteiger partial charge on any atom is -0.306 e. The Morgan fingerprint density at radius 3 is 2.45 bits per heavy atom. The van der Waals surface area contributed by atoms with Crippen molar-refractivity contribution in [2.45, 2.75) is 32.6 Å². The maximum atomic E-state index is 2.47. The van der Waals surface area contributed by atoms with E-state index in [1.54, 1.807) is 0 Å². The second-order valence-electron chi connectivity index (χ2n) is 4.47. The van der Waals surface area contributed by atoms with Crippen LogP contribution in [0.3, 0.4) is 0 Å². The summed E-state index contributed by atoms with van der Waals surface area (Å²) < 4.78 is 0. The molecule has 1 spiro atoms. The van der Waals surface area contributed by atoms with Crippen LogP contribution in [0.25, 0.3) is 0 Å². The second kappa shape index (κ2) is 2.48. The van der Waals surface area contributed by atoms with Crippen LogP contribution in [0.2, 0.25) is 0 Å². The van der Waals surface area contributed by atoms with Crippen LogP contribution in [0.5, 0.6) is 0 Å². The van der Waals surface area contributed by atoms with Gasteiger partial charge >= 0.3 is 0 Å². The van der Waals surface area contributed by atoms with E-state index in [1.165, 1.54) is 38.8 Å². The van der Waals surface area contributed by atoms with Gasteiger partial charge in [-0.25, -0.2) is 0 Å². The summed E-state index contributed by atoms with van der Waals surface area (Å²) in [5.74, 6) is 1.09. The van der Waals surface area contributed by atoms with Crippen molar-refractivity contribution in [2.24, 2.45) is 11.3 Å². The van der Waals surface area contributed by atoms with E-state index >= 15 is 0 Å². The molecule has 2 rings (SSSR count). The molecule has 1 aliphatic heterocycles.